The van der Waals surface area contributed by atoms with Crippen molar-refractivity contribution in [3.8, 4) is 0 Å². The van der Waals surface area contributed by atoms with E-state index >= 15 is 0 Å². The SMILES string of the molecule is CC1CC23CCC4[C@](C)(C(=O)OC(O)/C(OC5OC(CO)C(O)C(O)C5O)=C(\OC5OC(CO)C(O)C(O)C5O)C(O)CCO)CCC[C@@]4(C)[C@@H]2CCC1(OC(O)/C(O)=C(/OC(O)/C(O)=C(\O)C(O)CCO)C(O)CCO)C3. The molecular formula is C50H82O28. The molecule has 2 bridgehead atoms. The van der Waals surface area contributed by atoms with Gasteiger partial charge in [-0.2, -0.15) is 0 Å². The Morgan fingerprint density at radius 1 is 0.564 bits per heavy atom. The van der Waals surface area contributed by atoms with Crippen molar-refractivity contribution < 1.29 is 140 Å². The Morgan fingerprint density at radius 2 is 1.08 bits per heavy atom. The summed E-state index contributed by atoms with van der Waals surface area (Å²) in [4.78, 5) is 14.9. The summed E-state index contributed by atoms with van der Waals surface area (Å²) in [6, 6.07) is 0. The van der Waals surface area contributed by atoms with Gasteiger partial charge in [-0.15, -0.1) is 0 Å². The molecule has 0 aromatic heterocycles. The van der Waals surface area contributed by atoms with Gasteiger partial charge in [0.05, 0.1) is 24.2 Å². The van der Waals surface area contributed by atoms with Gasteiger partial charge in [-0.05, 0) is 86.9 Å². The zero-order valence-corrected chi connectivity index (χ0v) is 43.7. The molecule has 2 saturated heterocycles. The summed E-state index contributed by atoms with van der Waals surface area (Å²) < 4.78 is 39.9. The average molecular weight is 1130 g/mol. The fraction of sp³-hybridized carbons (Fsp3) is 0.860. The van der Waals surface area contributed by atoms with Crippen LogP contribution in [0.5, 0.6) is 0 Å². The molecule has 6 fully saturated rings. The molecular weight excluding hydrogens is 1050 g/mol. The molecule has 4 aliphatic carbocycles. The quantitative estimate of drug-likeness (QED) is 0.0248. The predicted molar refractivity (Wildman–Crippen MR) is 257 cm³/mol. The van der Waals surface area contributed by atoms with Crippen LogP contribution in [0.25, 0.3) is 0 Å². The number of esters is 1. The highest BCUT2D eigenvalue weighted by molar-refractivity contribution is 5.77. The summed E-state index contributed by atoms with van der Waals surface area (Å²) in [5, 5.41) is 211. The molecule has 4 saturated carbocycles. The highest BCUT2D eigenvalue weighted by Crippen LogP contribution is 2.74. The molecule has 20 N–H and O–H groups in total. The fourth-order valence-electron chi connectivity index (χ4n) is 13.6. The smallest absolute Gasteiger partial charge is 0.314 e. The summed E-state index contributed by atoms with van der Waals surface area (Å²) in [6.45, 7) is 1.75. The van der Waals surface area contributed by atoms with E-state index in [-0.39, 0.29) is 18.3 Å². The van der Waals surface area contributed by atoms with E-state index in [1.807, 2.05) is 6.92 Å². The van der Waals surface area contributed by atoms with Crippen molar-refractivity contribution in [3.05, 3.63) is 34.6 Å². The molecule has 20 unspecified atom stereocenters. The molecule has 2 aliphatic heterocycles. The van der Waals surface area contributed by atoms with E-state index < -0.39 is 219 Å². The van der Waals surface area contributed by atoms with Crippen molar-refractivity contribution in [2.24, 2.45) is 34.0 Å². The van der Waals surface area contributed by atoms with Crippen LogP contribution >= 0.6 is 0 Å². The average Bonchev–Trinajstić information content (AvgIpc) is 3.59. The Balaban J connectivity index is 1.28. The number of carbonyl (C=O) groups is 1. The van der Waals surface area contributed by atoms with E-state index in [0.717, 1.165) is 0 Å². The highest BCUT2D eigenvalue weighted by atomic mass is 16.7. The van der Waals surface area contributed by atoms with Gasteiger partial charge in [-0.1, -0.05) is 20.3 Å². The normalized spacial score (nSPS) is 41.1. The van der Waals surface area contributed by atoms with Crippen molar-refractivity contribution in [1.82, 2.24) is 0 Å². The van der Waals surface area contributed by atoms with Crippen LogP contribution in [-0.4, -0.2) is 245 Å². The van der Waals surface area contributed by atoms with E-state index in [1.54, 1.807) is 6.92 Å². The summed E-state index contributed by atoms with van der Waals surface area (Å²) in [6.07, 6.45) is -30.2. The van der Waals surface area contributed by atoms with Gasteiger partial charge in [0, 0.05) is 39.1 Å². The molecule has 78 heavy (non-hydrogen) atoms. The number of fused-ring (bicyclic) bond motifs is 3. The van der Waals surface area contributed by atoms with E-state index in [0.29, 0.717) is 51.4 Å². The molecule has 6 aliphatic rings. The molecule has 1 spiro atoms. The Kier molecular flexibility index (Phi) is 21.2. The van der Waals surface area contributed by atoms with Gasteiger partial charge in [0.2, 0.25) is 30.4 Å². The second-order valence-corrected chi connectivity index (χ2v) is 22.3. The summed E-state index contributed by atoms with van der Waals surface area (Å²) in [5.74, 6) is -8.39. The minimum Gasteiger partial charge on any atom is -0.506 e. The number of hydrogen-bond donors (Lipinski definition) is 20. The van der Waals surface area contributed by atoms with Crippen molar-refractivity contribution in [2.75, 3.05) is 33.0 Å². The molecule has 28 nitrogen and oxygen atoms in total. The lowest BCUT2D eigenvalue weighted by Gasteiger charge is -2.64. The Hall–Kier alpha value is -3.31. The van der Waals surface area contributed by atoms with Gasteiger partial charge in [0.25, 0.3) is 12.6 Å². The third-order valence-electron chi connectivity index (χ3n) is 17.6. The first-order valence-electron chi connectivity index (χ1n) is 26.4. The number of ether oxygens (including phenoxy) is 7. The van der Waals surface area contributed by atoms with Gasteiger partial charge in [0.1, 0.15) is 67.1 Å². The van der Waals surface area contributed by atoms with E-state index in [4.69, 9.17) is 38.3 Å². The van der Waals surface area contributed by atoms with Crippen LogP contribution in [0.15, 0.2) is 34.6 Å². The fourth-order valence-corrected chi connectivity index (χ4v) is 13.6. The predicted octanol–water partition coefficient (Wildman–Crippen LogP) is -4.14. The lowest BCUT2D eigenvalue weighted by molar-refractivity contribution is -0.306. The topological polar surface area (TPSA) is 486 Å². The zero-order chi connectivity index (χ0) is 58.0. The number of rotatable bonds is 24. The van der Waals surface area contributed by atoms with Crippen LogP contribution in [0.1, 0.15) is 97.8 Å². The van der Waals surface area contributed by atoms with Crippen LogP contribution in [0.3, 0.4) is 0 Å². The first kappa shape index (κ1) is 63.9. The summed E-state index contributed by atoms with van der Waals surface area (Å²) in [7, 11) is 0. The van der Waals surface area contributed by atoms with Gasteiger partial charge in [-0.25, -0.2) is 0 Å². The number of carbonyl (C=O) groups excluding carboxylic acids is 1. The van der Waals surface area contributed by atoms with Crippen molar-refractivity contribution in [2.45, 2.75) is 202 Å². The Morgan fingerprint density at radius 3 is 1.62 bits per heavy atom. The zero-order valence-electron chi connectivity index (χ0n) is 43.7. The third kappa shape index (κ3) is 12.4. The third-order valence-corrected chi connectivity index (χ3v) is 17.6. The van der Waals surface area contributed by atoms with Crippen LogP contribution in [0, 0.1) is 34.0 Å². The van der Waals surface area contributed by atoms with Crippen LogP contribution in [0.2, 0.25) is 0 Å². The Bertz CT molecular complexity index is 2110. The van der Waals surface area contributed by atoms with Crippen LogP contribution in [0.4, 0.5) is 0 Å². The molecule has 6 rings (SSSR count). The first-order valence-corrected chi connectivity index (χ1v) is 26.4. The highest BCUT2D eigenvalue weighted by Gasteiger charge is 2.69. The summed E-state index contributed by atoms with van der Waals surface area (Å²) >= 11 is 0. The van der Waals surface area contributed by atoms with Gasteiger partial charge < -0.3 is 135 Å². The van der Waals surface area contributed by atoms with Crippen molar-refractivity contribution in [3.63, 3.8) is 0 Å². The van der Waals surface area contributed by atoms with Crippen molar-refractivity contribution >= 4 is 5.97 Å². The Labute approximate surface area is 448 Å². The number of aliphatic hydroxyl groups excluding tert-OH is 20. The molecule has 0 aromatic carbocycles. The second kappa shape index (κ2) is 25.9. The molecule has 0 radical (unpaired) electrons. The van der Waals surface area contributed by atoms with Gasteiger partial charge in [-0.3, -0.25) is 4.79 Å². The maximum absolute atomic E-state index is 14.9. The van der Waals surface area contributed by atoms with E-state index in [1.165, 1.54) is 0 Å². The van der Waals surface area contributed by atoms with Crippen LogP contribution < -0.4 is 0 Å². The van der Waals surface area contributed by atoms with E-state index in [9.17, 15) is 102 Å². The summed E-state index contributed by atoms with van der Waals surface area (Å²) in [5.41, 5.74) is -3.55. The number of hydrogen-bond acceptors (Lipinski definition) is 28. The lowest BCUT2D eigenvalue weighted by atomic mass is 9.41. The van der Waals surface area contributed by atoms with Gasteiger partial charge in [0.15, 0.2) is 23.0 Å². The molecule has 28 heteroatoms. The molecule has 23 atom stereocenters. The first-order chi connectivity index (χ1) is 36.7. The largest absolute Gasteiger partial charge is 0.506 e. The van der Waals surface area contributed by atoms with E-state index in [2.05, 4.69) is 6.92 Å². The minimum atomic E-state index is -2.61. The van der Waals surface area contributed by atoms with Gasteiger partial charge >= 0.3 is 5.97 Å². The maximum atomic E-state index is 14.9. The van der Waals surface area contributed by atoms with Crippen molar-refractivity contribution in [1.29, 1.82) is 0 Å². The standard InChI is InChI=1S/C50H82O28/c1-21-17-49-12-5-27-47(2,28(49)6-13-50(21,20-49)78-42(69)37(67)38(23(57)8-15-52)74-41(68)34(64)29(59)22(56)7-14-51)10-4-11-48(27,3)46(71)77-43(70)40(76-45-36(66)33(63)31(61)26(19-55)73-45)39(24(58)9-16-53)75-44-35(65)32(62)30(60)25(18-54)72-44/h21-28,30-33,35-36,41-45,51-70H,4-20H2,1-3H3/b34-29+,38-37-,40-39+/t21?,22?,23?,24?,25?,26?,27?,28-,30?,31?,32?,33?,35?,36?,41?,42?,43?,44?,45?,47+,48+,49?,50?/m0/s1. The molecule has 0 aromatic rings. The minimum absolute atomic E-state index is 0.0924. The second-order valence-electron chi connectivity index (χ2n) is 22.3. The molecule has 0 amide bonds. The number of aliphatic hydroxyl groups is 20. The molecule has 2 heterocycles. The lowest BCUT2D eigenvalue weighted by Crippen LogP contribution is -2.60. The van der Waals surface area contributed by atoms with Crippen LogP contribution in [-0.2, 0) is 38.0 Å². The maximum Gasteiger partial charge on any atom is 0.314 e. The molecule has 450 valence electrons. The monoisotopic (exact) mass is 1130 g/mol.